The molecule has 4 nitrogen and oxygen atoms in total. The van der Waals surface area contributed by atoms with Gasteiger partial charge in [-0.2, -0.15) is 0 Å². The number of benzene rings is 1. The van der Waals surface area contributed by atoms with Gasteiger partial charge in [0.15, 0.2) is 0 Å². The molecule has 0 aliphatic heterocycles. The summed E-state index contributed by atoms with van der Waals surface area (Å²) in [6.07, 6.45) is 4.09. The number of hydrogen-bond acceptors (Lipinski definition) is 2. The summed E-state index contributed by atoms with van der Waals surface area (Å²) in [5, 5.41) is 14.2. The Hall–Kier alpha value is -1.81. The maximum Gasteiger partial charge on any atom is 0.253 e. The van der Waals surface area contributed by atoms with Gasteiger partial charge in [0, 0.05) is 17.6 Å². The second-order valence-corrected chi connectivity index (χ2v) is 6.43. The lowest BCUT2D eigenvalue weighted by Gasteiger charge is -2.18. The summed E-state index contributed by atoms with van der Waals surface area (Å²) in [6, 6.07) is 5.76. The van der Waals surface area contributed by atoms with Gasteiger partial charge in [0.2, 0.25) is 0 Å². The number of aryl methyl sites for hydroxylation is 2. The first-order chi connectivity index (χ1) is 10.6. The molecule has 0 saturated heterocycles. The van der Waals surface area contributed by atoms with E-state index in [9.17, 15) is 9.90 Å². The number of nitrogens with one attached hydrogen (secondary N) is 2. The first-order valence-corrected chi connectivity index (χ1v) is 8.12. The molecule has 1 aromatic carbocycles. The minimum absolute atomic E-state index is 0.121. The fraction of sp³-hybridized carbons (Fsp3) is 0.500. The Balaban J connectivity index is 1.73. The lowest BCUT2D eigenvalue weighted by molar-refractivity contribution is 0.0842. The molecule has 1 unspecified atom stereocenters. The van der Waals surface area contributed by atoms with Crippen LogP contribution in [-0.2, 0) is 0 Å². The molecule has 3 rings (SSSR count). The lowest BCUT2D eigenvalue weighted by Crippen LogP contribution is -2.35. The predicted octanol–water partition coefficient (Wildman–Crippen LogP) is 3.07. The molecular weight excluding hydrogens is 276 g/mol. The van der Waals surface area contributed by atoms with Crippen LogP contribution in [0, 0.1) is 19.8 Å². The number of carbonyl (C=O) groups excluding carboxylic acids is 1. The molecule has 1 amide bonds. The summed E-state index contributed by atoms with van der Waals surface area (Å²) in [4.78, 5) is 15.8. The summed E-state index contributed by atoms with van der Waals surface area (Å²) < 4.78 is 0. The van der Waals surface area contributed by atoms with Crippen LogP contribution in [0.2, 0.25) is 0 Å². The van der Waals surface area contributed by atoms with Crippen LogP contribution in [0.1, 0.15) is 47.3 Å². The first kappa shape index (κ1) is 15.1. The fourth-order valence-corrected chi connectivity index (χ4v) is 3.47. The van der Waals surface area contributed by atoms with Crippen LogP contribution in [-0.4, -0.2) is 28.6 Å². The predicted molar refractivity (Wildman–Crippen MR) is 88.1 cm³/mol. The van der Waals surface area contributed by atoms with Gasteiger partial charge < -0.3 is 15.4 Å². The van der Waals surface area contributed by atoms with E-state index in [0.29, 0.717) is 18.0 Å². The molecule has 1 fully saturated rings. The molecular formula is C18H24N2O2. The monoisotopic (exact) mass is 300 g/mol. The molecule has 1 heterocycles. The summed E-state index contributed by atoms with van der Waals surface area (Å²) in [5.41, 5.74) is 3.79. The Morgan fingerprint density at radius 1 is 1.36 bits per heavy atom. The second kappa shape index (κ2) is 6.13. The van der Waals surface area contributed by atoms with Gasteiger partial charge in [0.1, 0.15) is 0 Å². The number of aromatic amines is 1. The molecule has 0 radical (unpaired) electrons. The fourth-order valence-electron chi connectivity index (χ4n) is 3.47. The van der Waals surface area contributed by atoms with E-state index in [0.717, 1.165) is 29.4 Å². The maximum atomic E-state index is 12.5. The number of aliphatic hydroxyl groups is 1. The van der Waals surface area contributed by atoms with Crippen molar-refractivity contribution in [2.75, 3.05) is 6.54 Å². The van der Waals surface area contributed by atoms with Crippen molar-refractivity contribution in [1.29, 1.82) is 0 Å². The molecule has 4 heteroatoms. The van der Waals surface area contributed by atoms with Gasteiger partial charge in [0.05, 0.1) is 17.2 Å². The molecule has 22 heavy (non-hydrogen) atoms. The summed E-state index contributed by atoms with van der Waals surface area (Å²) in [5.74, 6) is 0.218. The van der Waals surface area contributed by atoms with Crippen molar-refractivity contribution in [2.45, 2.75) is 45.6 Å². The van der Waals surface area contributed by atoms with Crippen molar-refractivity contribution < 1.29 is 9.90 Å². The van der Waals surface area contributed by atoms with Gasteiger partial charge in [-0.15, -0.1) is 0 Å². The minimum Gasteiger partial charge on any atom is -0.391 e. The number of hydrogen-bond donors (Lipinski definition) is 3. The average Bonchev–Trinajstić information content (AvgIpc) is 3.14. The van der Waals surface area contributed by atoms with Crippen molar-refractivity contribution in [2.24, 2.45) is 5.92 Å². The summed E-state index contributed by atoms with van der Waals surface area (Å²) in [7, 11) is 0. The zero-order valence-corrected chi connectivity index (χ0v) is 13.3. The van der Waals surface area contributed by atoms with Gasteiger partial charge in [0.25, 0.3) is 5.91 Å². The van der Waals surface area contributed by atoms with E-state index in [-0.39, 0.29) is 5.91 Å². The number of aliphatic hydroxyl groups excluding tert-OH is 1. The standard InChI is InChI=1S/C18H24N2O2/c1-11-12(2)20-17-14(11)8-5-9-15(17)18(22)19-10-16(21)13-6-3-4-7-13/h5,8-9,13,16,20-21H,3-4,6-7,10H2,1-2H3,(H,19,22). The third kappa shape index (κ3) is 2.75. The van der Waals surface area contributed by atoms with E-state index >= 15 is 0 Å². The molecule has 1 aromatic heterocycles. The Kier molecular flexibility index (Phi) is 4.21. The Morgan fingerprint density at radius 2 is 2.09 bits per heavy atom. The number of para-hydroxylation sites is 1. The van der Waals surface area contributed by atoms with Crippen molar-refractivity contribution in [3.63, 3.8) is 0 Å². The number of aromatic nitrogens is 1. The van der Waals surface area contributed by atoms with Crippen LogP contribution >= 0.6 is 0 Å². The number of rotatable bonds is 4. The van der Waals surface area contributed by atoms with Crippen molar-refractivity contribution in [1.82, 2.24) is 10.3 Å². The average molecular weight is 300 g/mol. The summed E-state index contributed by atoms with van der Waals surface area (Å²) >= 11 is 0. The highest BCUT2D eigenvalue weighted by atomic mass is 16.3. The zero-order chi connectivity index (χ0) is 15.7. The number of amides is 1. The number of carbonyl (C=O) groups is 1. The SMILES string of the molecule is Cc1[nH]c2c(C(=O)NCC(O)C3CCCC3)cccc2c1C. The van der Waals surface area contributed by atoms with Crippen LogP contribution < -0.4 is 5.32 Å². The Morgan fingerprint density at radius 3 is 2.82 bits per heavy atom. The van der Waals surface area contributed by atoms with E-state index in [4.69, 9.17) is 0 Å². The minimum atomic E-state index is -0.433. The molecule has 3 N–H and O–H groups in total. The molecule has 0 bridgehead atoms. The van der Waals surface area contributed by atoms with Gasteiger partial charge in [-0.1, -0.05) is 25.0 Å². The molecule has 1 aliphatic carbocycles. The smallest absolute Gasteiger partial charge is 0.253 e. The highest BCUT2D eigenvalue weighted by molar-refractivity contribution is 6.06. The second-order valence-electron chi connectivity index (χ2n) is 6.43. The normalized spacial score (nSPS) is 17.0. The molecule has 1 saturated carbocycles. The van der Waals surface area contributed by atoms with E-state index < -0.39 is 6.10 Å². The van der Waals surface area contributed by atoms with Crippen molar-refractivity contribution >= 4 is 16.8 Å². The van der Waals surface area contributed by atoms with Crippen LogP contribution in [0.4, 0.5) is 0 Å². The van der Waals surface area contributed by atoms with Gasteiger partial charge >= 0.3 is 0 Å². The molecule has 118 valence electrons. The van der Waals surface area contributed by atoms with E-state index in [2.05, 4.69) is 17.2 Å². The van der Waals surface area contributed by atoms with Crippen LogP contribution in [0.15, 0.2) is 18.2 Å². The molecule has 1 aliphatic rings. The first-order valence-electron chi connectivity index (χ1n) is 8.12. The molecule has 1 atom stereocenters. The van der Waals surface area contributed by atoms with Crippen molar-refractivity contribution in [3.8, 4) is 0 Å². The van der Waals surface area contributed by atoms with Crippen LogP contribution in [0.5, 0.6) is 0 Å². The Bertz CT molecular complexity index is 684. The van der Waals surface area contributed by atoms with E-state index in [1.54, 1.807) is 0 Å². The topological polar surface area (TPSA) is 65.1 Å². The van der Waals surface area contributed by atoms with Crippen LogP contribution in [0.25, 0.3) is 10.9 Å². The lowest BCUT2D eigenvalue weighted by atomic mass is 10.0. The quantitative estimate of drug-likeness (QED) is 0.812. The molecule has 0 spiro atoms. The highest BCUT2D eigenvalue weighted by Crippen LogP contribution is 2.27. The third-order valence-corrected chi connectivity index (χ3v) is 5.00. The third-order valence-electron chi connectivity index (χ3n) is 5.00. The maximum absolute atomic E-state index is 12.5. The van der Waals surface area contributed by atoms with Gasteiger partial charge in [-0.3, -0.25) is 4.79 Å². The van der Waals surface area contributed by atoms with E-state index in [1.807, 2.05) is 25.1 Å². The zero-order valence-electron chi connectivity index (χ0n) is 13.3. The van der Waals surface area contributed by atoms with Crippen LogP contribution in [0.3, 0.4) is 0 Å². The largest absolute Gasteiger partial charge is 0.391 e. The number of fused-ring (bicyclic) bond motifs is 1. The van der Waals surface area contributed by atoms with Gasteiger partial charge in [-0.05, 0) is 44.2 Å². The van der Waals surface area contributed by atoms with Gasteiger partial charge in [-0.25, -0.2) is 0 Å². The van der Waals surface area contributed by atoms with E-state index in [1.165, 1.54) is 18.4 Å². The molecule has 2 aromatic rings. The van der Waals surface area contributed by atoms with Crippen molar-refractivity contribution in [3.05, 3.63) is 35.0 Å². The Labute approximate surface area is 130 Å². The summed E-state index contributed by atoms with van der Waals surface area (Å²) in [6.45, 7) is 4.40. The highest BCUT2D eigenvalue weighted by Gasteiger charge is 2.24. The number of H-pyrrole nitrogens is 1.